The molecule has 0 amide bonds. The van der Waals surface area contributed by atoms with Crippen LogP contribution in [0.25, 0.3) is 11.0 Å². The van der Waals surface area contributed by atoms with Crippen LogP contribution in [0.1, 0.15) is 29.4 Å². The van der Waals surface area contributed by atoms with Crippen molar-refractivity contribution >= 4 is 32.4 Å². The van der Waals surface area contributed by atoms with Gasteiger partial charge in [-0.2, -0.15) is 0 Å². The summed E-state index contributed by atoms with van der Waals surface area (Å²) in [5, 5.41) is 4.38. The summed E-state index contributed by atoms with van der Waals surface area (Å²) < 4.78 is 37.6. The fourth-order valence-corrected chi connectivity index (χ4v) is 5.33. The molecule has 140 valence electrons. The zero-order chi connectivity index (χ0) is 18.6. The zero-order valence-electron chi connectivity index (χ0n) is 14.5. The summed E-state index contributed by atoms with van der Waals surface area (Å²) in [5.41, 5.74) is 2.55. The van der Waals surface area contributed by atoms with Crippen molar-refractivity contribution < 1.29 is 17.6 Å². The molecule has 1 fully saturated rings. The Morgan fingerprint density at radius 2 is 1.89 bits per heavy atom. The maximum atomic E-state index is 13.1. The highest BCUT2D eigenvalue weighted by molar-refractivity contribution is 7.91. The summed E-state index contributed by atoms with van der Waals surface area (Å²) in [6.07, 6.45) is 1.82. The summed E-state index contributed by atoms with van der Waals surface area (Å²) in [6, 6.07) is 10.1. The lowest BCUT2D eigenvalue weighted by Crippen LogP contribution is -2.22. The van der Waals surface area contributed by atoms with E-state index in [2.05, 4.69) is 5.32 Å². The first-order valence-electron chi connectivity index (χ1n) is 8.95. The first-order chi connectivity index (χ1) is 13.0. The normalized spacial score (nSPS) is 19.7. The lowest BCUT2D eigenvalue weighted by molar-refractivity contribution is -0.0527. The van der Waals surface area contributed by atoms with Gasteiger partial charge in [0.05, 0.1) is 27.5 Å². The fourth-order valence-electron chi connectivity index (χ4n) is 3.69. The molecule has 0 spiro atoms. The van der Waals surface area contributed by atoms with Crippen LogP contribution < -0.4 is 5.32 Å². The molecular weight excluding hydrogens is 386 g/mol. The Kier molecular flexibility index (Phi) is 4.05. The summed E-state index contributed by atoms with van der Waals surface area (Å²) in [6.45, 7) is 2.25. The van der Waals surface area contributed by atoms with Crippen LogP contribution >= 0.6 is 11.6 Å². The third kappa shape index (κ3) is 2.79. The average Bonchev–Trinajstić information content (AvgIpc) is 3.00. The minimum absolute atomic E-state index is 0.0810. The van der Waals surface area contributed by atoms with Crippen LogP contribution in [0.4, 0.5) is 0 Å². The minimum atomic E-state index is -3.68. The number of hydrogen-bond acceptors (Lipinski definition) is 5. The minimum Gasteiger partial charge on any atom is -0.459 e. The number of ether oxygens (including phenoxy) is 1. The van der Waals surface area contributed by atoms with Gasteiger partial charge in [0.2, 0.25) is 9.84 Å². The molecule has 1 aromatic heterocycles. The van der Waals surface area contributed by atoms with Gasteiger partial charge >= 0.3 is 0 Å². The third-order valence-electron chi connectivity index (χ3n) is 5.31. The second-order valence-electron chi connectivity index (χ2n) is 6.93. The summed E-state index contributed by atoms with van der Waals surface area (Å²) in [4.78, 5) is 0.429. The topological polar surface area (TPSA) is 68.5 Å². The number of rotatable bonds is 3. The number of hydrogen-bond donors (Lipinski definition) is 1. The monoisotopic (exact) mass is 403 g/mol. The standard InChI is InChI=1S/C20H18ClNO4S/c21-17-10-14(9-15-16-11-22-7-5-19(16)26-20(15)17)27(23,24)13-3-1-12(2-4-13)18-6-8-25-18/h1-4,9-10,18,22H,5-8,11H2. The first-order valence-corrected chi connectivity index (χ1v) is 10.8. The molecule has 5 nitrogen and oxygen atoms in total. The Hall–Kier alpha value is -1.86. The molecule has 5 rings (SSSR count). The molecule has 2 aliphatic rings. The Balaban J connectivity index is 1.59. The van der Waals surface area contributed by atoms with Gasteiger partial charge in [-0.25, -0.2) is 8.42 Å². The maximum absolute atomic E-state index is 13.1. The van der Waals surface area contributed by atoms with Gasteiger partial charge in [-0.05, 0) is 29.8 Å². The van der Waals surface area contributed by atoms with Crippen LogP contribution in [0.15, 0.2) is 50.6 Å². The highest BCUT2D eigenvalue weighted by atomic mass is 35.5. The van der Waals surface area contributed by atoms with Crippen molar-refractivity contribution in [2.45, 2.75) is 35.3 Å². The zero-order valence-corrected chi connectivity index (χ0v) is 16.1. The number of sulfone groups is 1. The highest BCUT2D eigenvalue weighted by Crippen LogP contribution is 2.37. The predicted molar refractivity (Wildman–Crippen MR) is 102 cm³/mol. The molecule has 2 aromatic carbocycles. The Labute approximate surface area is 162 Å². The van der Waals surface area contributed by atoms with E-state index < -0.39 is 9.84 Å². The molecule has 1 atom stereocenters. The van der Waals surface area contributed by atoms with Crippen LogP contribution in [0.3, 0.4) is 0 Å². The lowest BCUT2D eigenvalue weighted by atomic mass is 10.0. The van der Waals surface area contributed by atoms with Crippen molar-refractivity contribution in [1.82, 2.24) is 5.32 Å². The van der Waals surface area contributed by atoms with Gasteiger partial charge in [-0.1, -0.05) is 23.7 Å². The molecule has 0 saturated carbocycles. The molecule has 3 aromatic rings. The predicted octanol–water partition coefficient (Wildman–Crippen LogP) is 4.03. The van der Waals surface area contributed by atoms with E-state index >= 15 is 0 Å². The van der Waals surface area contributed by atoms with Gasteiger partial charge in [0.15, 0.2) is 5.58 Å². The molecule has 0 aliphatic carbocycles. The number of furan rings is 1. The number of nitrogens with one attached hydrogen (secondary N) is 1. The van der Waals surface area contributed by atoms with E-state index in [0.29, 0.717) is 17.2 Å². The van der Waals surface area contributed by atoms with Crippen molar-refractivity contribution in [2.75, 3.05) is 13.2 Å². The fraction of sp³-hybridized carbons (Fsp3) is 0.300. The molecule has 3 heterocycles. The Morgan fingerprint density at radius 3 is 2.59 bits per heavy atom. The van der Waals surface area contributed by atoms with Crippen molar-refractivity contribution in [3.05, 3.63) is 58.3 Å². The molecule has 0 bridgehead atoms. The van der Waals surface area contributed by atoms with E-state index in [1.807, 2.05) is 12.1 Å². The summed E-state index contributed by atoms with van der Waals surface area (Å²) >= 11 is 6.37. The molecule has 1 saturated heterocycles. The van der Waals surface area contributed by atoms with E-state index in [1.54, 1.807) is 18.2 Å². The molecule has 7 heteroatoms. The van der Waals surface area contributed by atoms with Crippen LogP contribution in [0.2, 0.25) is 5.02 Å². The molecule has 1 N–H and O–H groups in total. The van der Waals surface area contributed by atoms with Gasteiger partial charge in [-0.15, -0.1) is 0 Å². The molecule has 0 radical (unpaired) electrons. The Bertz CT molecular complexity index is 1130. The van der Waals surface area contributed by atoms with Gasteiger partial charge < -0.3 is 14.5 Å². The second kappa shape index (κ2) is 6.34. The van der Waals surface area contributed by atoms with Crippen LogP contribution in [0.5, 0.6) is 0 Å². The van der Waals surface area contributed by atoms with Gasteiger partial charge in [0.1, 0.15) is 5.76 Å². The highest BCUT2D eigenvalue weighted by Gasteiger charge is 2.25. The van der Waals surface area contributed by atoms with Gasteiger partial charge in [0, 0.05) is 36.9 Å². The van der Waals surface area contributed by atoms with Gasteiger partial charge in [0.25, 0.3) is 0 Å². The lowest BCUT2D eigenvalue weighted by Gasteiger charge is -2.26. The van der Waals surface area contributed by atoms with E-state index in [4.69, 9.17) is 20.8 Å². The van der Waals surface area contributed by atoms with Crippen molar-refractivity contribution in [1.29, 1.82) is 0 Å². The maximum Gasteiger partial charge on any atom is 0.206 e. The first kappa shape index (κ1) is 17.3. The van der Waals surface area contributed by atoms with Crippen molar-refractivity contribution in [2.24, 2.45) is 0 Å². The molecular formula is C20H18ClNO4S. The summed E-state index contributed by atoms with van der Waals surface area (Å²) in [5.74, 6) is 0.880. The number of benzene rings is 2. The quantitative estimate of drug-likeness (QED) is 0.715. The smallest absolute Gasteiger partial charge is 0.206 e. The van der Waals surface area contributed by atoms with Gasteiger partial charge in [-0.3, -0.25) is 0 Å². The largest absolute Gasteiger partial charge is 0.459 e. The van der Waals surface area contributed by atoms with E-state index in [0.717, 1.165) is 48.3 Å². The molecule has 2 aliphatic heterocycles. The second-order valence-corrected chi connectivity index (χ2v) is 9.29. The van der Waals surface area contributed by atoms with Crippen molar-refractivity contribution in [3.63, 3.8) is 0 Å². The number of halogens is 1. The molecule has 27 heavy (non-hydrogen) atoms. The van der Waals surface area contributed by atoms with E-state index in [1.165, 1.54) is 6.07 Å². The van der Waals surface area contributed by atoms with Crippen molar-refractivity contribution in [3.8, 4) is 0 Å². The molecule has 1 unspecified atom stereocenters. The Morgan fingerprint density at radius 1 is 1.11 bits per heavy atom. The van der Waals surface area contributed by atoms with E-state index in [9.17, 15) is 8.42 Å². The van der Waals surface area contributed by atoms with Crippen LogP contribution in [-0.2, 0) is 27.5 Å². The third-order valence-corrected chi connectivity index (χ3v) is 7.34. The van der Waals surface area contributed by atoms with E-state index in [-0.39, 0.29) is 15.9 Å². The average molecular weight is 404 g/mol. The summed E-state index contributed by atoms with van der Waals surface area (Å²) in [7, 11) is -3.68. The number of fused-ring (bicyclic) bond motifs is 3. The van der Waals surface area contributed by atoms with Crippen LogP contribution in [-0.4, -0.2) is 21.6 Å². The SMILES string of the molecule is O=S(=O)(c1ccc(C2CCO2)cc1)c1cc(Cl)c2oc3c(c2c1)CNCC3. The van der Waals surface area contributed by atoms with Crippen LogP contribution in [0, 0.1) is 0 Å².